The molecule has 1 amide bonds. The van der Waals surface area contributed by atoms with Crippen molar-refractivity contribution in [3.8, 4) is 5.75 Å². The molecular weight excluding hydrogens is 334 g/mol. The normalized spacial score (nSPS) is 10.0. The summed E-state index contributed by atoms with van der Waals surface area (Å²) in [5.74, 6) is 0.590. The maximum atomic E-state index is 11.8. The molecule has 0 aliphatic carbocycles. The molecule has 0 fully saturated rings. The molecule has 0 saturated carbocycles. The molecule has 21 heavy (non-hydrogen) atoms. The molecule has 0 radical (unpaired) electrons. The van der Waals surface area contributed by atoms with E-state index in [2.05, 4.69) is 21.2 Å². The average Bonchev–Trinajstić information content (AvgIpc) is 2.49. The number of ether oxygens (including phenoxy) is 2. The van der Waals surface area contributed by atoms with Crippen LogP contribution in [0.2, 0.25) is 0 Å². The number of carbonyl (C=O) groups is 1. The van der Waals surface area contributed by atoms with Gasteiger partial charge in [0.2, 0.25) is 0 Å². The number of halogens is 1. The van der Waals surface area contributed by atoms with E-state index in [0.717, 1.165) is 15.6 Å². The van der Waals surface area contributed by atoms with E-state index in [1.54, 1.807) is 13.2 Å². The number of methoxy groups -OCH3 is 1. The fourth-order valence-electron chi connectivity index (χ4n) is 1.79. The second-order valence-corrected chi connectivity index (χ2v) is 5.34. The number of rotatable bonds is 4. The number of nitrogens with one attached hydrogen (secondary N) is 1. The highest BCUT2D eigenvalue weighted by molar-refractivity contribution is 9.10. The molecule has 0 atom stereocenters. The van der Waals surface area contributed by atoms with Crippen LogP contribution < -0.4 is 10.1 Å². The van der Waals surface area contributed by atoms with Crippen molar-refractivity contribution in [2.24, 2.45) is 0 Å². The average molecular weight is 350 g/mol. The van der Waals surface area contributed by atoms with Gasteiger partial charge in [-0.25, -0.2) is 4.79 Å². The van der Waals surface area contributed by atoms with E-state index >= 15 is 0 Å². The highest BCUT2D eigenvalue weighted by Crippen LogP contribution is 2.31. The van der Waals surface area contributed by atoms with Crippen molar-refractivity contribution in [3.63, 3.8) is 0 Å². The molecule has 0 aromatic heterocycles. The van der Waals surface area contributed by atoms with Gasteiger partial charge >= 0.3 is 6.09 Å². The first-order chi connectivity index (χ1) is 10.1. The van der Waals surface area contributed by atoms with Crippen molar-refractivity contribution >= 4 is 27.7 Å². The largest absolute Gasteiger partial charge is 0.495 e. The minimum absolute atomic E-state index is 0.224. The van der Waals surface area contributed by atoms with Crippen molar-refractivity contribution < 1.29 is 14.3 Å². The van der Waals surface area contributed by atoms with Gasteiger partial charge in [0.25, 0.3) is 0 Å². The SMILES string of the molecule is COc1cc(C)c(Br)cc1NC(=O)OCc1ccccc1. The summed E-state index contributed by atoms with van der Waals surface area (Å²) in [6.07, 6.45) is -0.520. The molecule has 2 aromatic rings. The van der Waals surface area contributed by atoms with E-state index in [4.69, 9.17) is 9.47 Å². The van der Waals surface area contributed by atoms with Gasteiger partial charge in [-0.05, 0) is 30.2 Å². The van der Waals surface area contributed by atoms with E-state index < -0.39 is 6.09 Å². The number of hydrogen-bond donors (Lipinski definition) is 1. The summed E-state index contributed by atoms with van der Waals surface area (Å²) in [6, 6.07) is 13.1. The monoisotopic (exact) mass is 349 g/mol. The molecule has 0 saturated heterocycles. The van der Waals surface area contributed by atoms with Crippen LogP contribution >= 0.6 is 15.9 Å². The van der Waals surface area contributed by atoms with Crippen molar-refractivity contribution in [1.82, 2.24) is 0 Å². The Bertz CT molecular complexity index is 629. The van der Waals surface area contributed by atoms with E-state index in [-0.39, 0.29) is 6.61 Å². The second kappa shape index (κ2) is 7.13. The third-order valence-electron chi connectivity index (χ3n) is 2.93. The Kier molecular flexibility index (Phi) is 5.22. The summed E-state index contributed by atoms with van der Waals surface area (Å²) in [4.78, 5) is 11.8. The fourth-order valence-corrected chi connectivity index (χ4v) is 2.13. The van der Waals surface area contributed by atoms with Crippen LogP contribution in [0.4, 0.5) is 10.5 Å². The van der Waals surface area contributed by atoms with Crippen LogP contribution in [0.25, 0.3) is 0 Å². The van der Waals surface area contributed by atoms with Crippen LogP contribution in [-0.4, -0.2) is 13.2 Å². The molecule has 2 rings (SSSR count). The molecule has 0 aliphatic rings. The standard InChI is InChI=1S/C16H16BrNO3/c1-11-8-15(20-2)14(9-13(11)17)18-16(19)21-10-12-6-4-3-5-7-12/h3-9H,10H2,1-2H3,(H,18,19). The predicted molar refractivity (Wildman–Crippen MR) is 85.7 cm³/mol. The lowest BCUT2D eigenvalue weighted by Gasteiger charge is -2.12. The minimum atomic E-state index is -0.520. The molecule has 110 valence electrons. The zero-order valence-corrected chi connectivity index (χ0v) is 13.4. The summed E-state index contributed by atoms with van der Waals surface area (Å²) in [5, 5.41) is 2.68. The first-order valence-corrected chi connectivity index (χ1v) is 7.21. The van der Waals surface area contributed by atoms with E-state index in [0.29, 0.717) is 11.4 Å². The third-order valence-corrected chi connectivity index (χ3v) is 3.78. The summed E-state index contributed by atoms with van der Waals surface area (Å²) < 4.78 is 11.3. The summed E-state index contributed by atoms with van der Waals surface area (Å²) in [5.41, 5.74) is 2.52. The molecular formula is C16H16BrNO3. The number of amides is 1. The lowest BCUT2D eigenvalue weighted by molar-refractivity contribution is 0.155. The van der Waals surface area contributed by atoms with E-state index in [1.807, 2.05) is 43.3 Å². The number of hydrogen-bond acceptors (Lipinski definition) is 3. The van der Waals surface area contributed by atoms with Gasteiger partial charge in [0, 0.05) is 4.47 Å². The smallest absolute Gasteiger partial charge is 0.412 e. The number of anilines is 1. The molecule has 2 aromatic carbocycles. The van der Waals surface area contributed by atoms with Gasteiger partial charge in [0.15, 0.2) is 0 Å². The molecule has 0 aliphatic heterocycles. The lowest BCUT2D eigenvalue weighted by Crippen LogP contribution is -2.14. The first kappa shape index (κ1) is 15.4. The zero-order valence-electron chi connectivity index (χ0n) is 11.9. The number of aryl methyl sites for hydroxylation is 1. The predicted octanol–water partition coefficient (Wildman–Crippen LogP) is 4.51. The molecule has 5 heteroatoms. The highest BCUT2D eigenvalue weighted by Gasteiger charge is 2.11. The Balaban J connectivity index is 2.01. The Hall–Kier alpha value is -2.01. The van der Waals surface area contributed by atoms with Crippen molar-refractivity contribution in [3.05, 3.63) is 58.1 Å². The lowest BCUT2D eigenvalue weighted by atomic mass is 10.2. The topological polar surface area (TPSA) is 47.6 Å². The second-order valence-electron chi connectivity index (χ2n) is 4.49. The van der Waals surface area contributed by atoms with Gasteiger partial charge in [0.1, 0.15) is 12.4 Å². The summed E-state index contributed by atoms with van der Waals surface area (Å²) in [7, 11) is 1.56. The minimum Gasteiger partial charge on any atom is -0.495 e. The van der Waals surface area contributed by atoms with Crippen LogP contribution in [0.1, 0.15) is 11.1 Å². The third kappa shape index (κ3) is 4.23. The van der Waals surface area contributed by atoms with Crippen molar-refractivity contribution in [1.29, 1.82) is 0 Å². The van der Waals surface area contributed by atoms with Crippen LogP contribution in [0, 0.1) is 6.92 Å². The maximum Gasteiger partial charge on any atom is 0.412 e. The van der Waals surface area contributed by atoms with Gasteiger partial charge in [-0.1, -0.05) is 46.3 Å². The zero-order chi connectivity index (χ0) is 15.2. The highest BCUT2D eigenvalue weighted by atomic mass is 79.9. The van der Waals surface area contributed by atoms with Crippen LogP contribution in [-0.2, 0) is 11.3 Å². The van der Waals surface area contributed by atoms with Gasteiger partial charge in [0.05, 0.1) is 12.8 Å². The summed E-state index contributed by atoms with van der Waals surface area (Å²) >= 11 is 3.43. The summed E-state index contributed by atoms with van der Waals surface area (Å²) in [6.45, 7) is 2.17. The Morgan fingerprint density at radius 2 is 1.95 bits per heavy atom. The Morgan fingerprint density at radius 1 is 1.24 bits per heavy atom. The molecule has 0 heterocycles. The van der Waals surface area contributed by atoms with Crippen LogP contribution in [0.3, 0.4) is 0 Å². The first-order valence-electron chi connectivity index (χ1n) is 6.42. The molecule has 4 nitrogen and oxygen atoms in total. The molecule has 0 unspecified atom stereocenters. The Morgan fingerprint density at radius 3 is 2.62 bits per heavy atom. The molecule has 1 N–H and O–H groups in total. The number of benzene rings is 2. The maximum absolute atomic E-state index is 11.8. The quantitative estimate of drug-likeness (QED) is 0.882. The Labute approximate surface area is 132 Å². The number of carbonyl (C=O) groups excluding carboxylic acids is 1. The van der Waals surface area contributed by atoms with Gasteiger partial charge < -0.3 is 9.47 Å². The van der Waals surface area contributed by atoms with Crippen molar-refractivity contribution in [2.45, 2.75) is 13.5 Å². The van der Waals surface area contributed by atoms with Crippen LogP contribution in [0.15, 0.2) is 46.9 Å². The van der Waals surface area contributed by atoms with E-state index in [1.165, 1.54) is 0 Å². The van der Waals surface area contributed by atoms with Gasteiger partial charge in [-0.3, -0.25) is 5.32 Å². The van der Waals surface area contributed by atoms with Crippen molar-refractivity contribution in [2.75, 3.05) is 12.4 Å². The van der Waals surface area contributed by atoms with Gasteiger partial charge in [-0.2, -0.15) is 0 Å². The molecule has 0 bridgehead atoms. The fraction of sp³-hybridized carbons (Fsp3) is 0.188. The van der Waals surface area contributed by atoms with Crippen LogP contribution in [0.5, 0.6) is 5.75 Å². The molecule has 0 spiro atoms. The van der Waals surface area contributed by atoms with Gasteiger partial charge in [-0.15, -0.1) is 0 Å². The van der Waals surface area contributed by atoms with E-state index in [9.17, 15) is 4.79 Å².